The van der Waals surface area contributed by atoms with E-state index in [-0.39, 0.29) is 12.5 Å². The lowest BCUT2D eigenvalue weighted by molar-refractivity contribution is -0.137. The van der Waals surface area contributed by atoms with Gasteiger partial charge in [-0.25, -0.2) is 0 Å². The van der Waals surface area contributed by atoms with E-state index in [1.807, 2.05) is 30.4 Å². The molecule has 4 nitrogen and oxygen atoms in total. The van der Waals surface area contributed by atoms with Gasteiger partial charge < -0.3 is 14.9 Å². The topological polar surface area (TPSA) is 70.1 Å². The van der Waals surface area contributed by atoms with Crippen LogP contribution < -0.4 is 0 Å². The number of hydrogen-bond acceptors (Lipinski definition) is 3. The second kappa shape index (κ2) is 12.7. The molecule has 4 heteroatoms. The molecule has 0 bridgehead atoms. The summed E-state index contributed by atoms with van der Waals surface area (Å²) in [7, 11) is 0. The predicted molar refractivity (Wildman–Crippen MR) is 96.9 cm³/mol. The summed E-state index contributed by atoms with van der Waals surface area (Å²) in [5, 5.41) is 18.1. The zero-order valence-electron chi connectivity index (χ0n) is 14.5. The minimum atomic E-state index is -0.826. The summed E-state index contributed by atoms with van der Waals surface area (Å²) in [6, 6.07) is 0. The lowest BCUT2D eigenvalue weighted by Crippen LogP contribution is -2.03. The Morgan fingerprint density at radius 2 is 1.79 bits per heavy atom. The number of carboxylic acid groups (broad SMARTS) is 1. The molecule has 0 aromatic carbocycles. The Morgan fingerprint density at radius 3 is 2.50 bits per heavy atom. The van der Waals surface area contributed by atoms with Crippen LogP contribution in [0.15, 0.2) is 48.6 Å². The number of carboxylic acids is 1. The molecule has 2 N–H and O–H groups in total. The van der Waals surface area contributed by atoms with E-state index in [0.717, 1.165) is 6.42 Å². The van der Waals surface area contributed by atoms with Gasteiger partial charge in [-0.15, -0.1) is 0 Å². The molecular weight excluding hydrogens is 304 g/mol. The number of aliphatic hydroxyl groups is 1. The van der Waals surface area contributed by atoms with Crippen molar-refractivity contribution >= 4 is 5.97 Å². The maximum absolute atomic E-state index is 10.4. The molecule has 0 amide bonds. The van der Waals surface area contributed by atoms with Gasteiger partial charge in [0.2, 0.25) is 0 Å². The van der Waals surface area contributed by atoms with Gasteiger partial charge in [0, 0.05) is 6.42 Å². The third kappa shape index (κ3) is 11.0. The number of carbonyl (C=O) groups is 1. The van der Waals surface area contributed by atoms with Crippen molar-refractivity contribution in [3.8, 4) is 0 Å². The smallest absolute Gasteiger partial charge is 0.303 e. The Balaban J connectivity index is 2.07. The van der Waals surface area contributed by atoms with E-state index in [9.17, 15) is 9.90 Å². The third-order valence-corrected chi connectivity index (χ3v) is 3.79. The Labute approximate surface area is 145 Å². The highest BCUT2D eigenvalue weighted by Crippen LogP contribution is 2.28. The first kappa shape index (κ1) is 20.4. The largest absolute Gasteiger partial charge is 0.481 e. The van der Waals surface area contributed by atoms with Gasteiger partial charge in [0.1, 0.15) is 6.10 Å². The first-order chi connectivity index (χ1) is 11.6. The van der Waals surface area contributed by atoms with Crippen molar-refractivity contribution in [1.29, 1.82) is 0 Å². The Bertz CT molecular complexity index is 462. The van der Waals surface area contributed by atoms with Crippen LogP contribution in [0.5, 0.6) is 0 Å². The maximum Gasteiger partial charge on any atom is 0.303 e. The highest BCUT2D eigenvalue weighted by molar-refractivity contribution is 5.66. The minimum Gasteiger partial charge on any atom is -0.481 e. The summed E-state index contributed by atoms with van der Waals surface area (Å²) in [4.78, 5) is 10.4. The van der Waals surface area contributed by atoms with Crippen molar-refractivity contribution in [1.82, 2.24) is 0 Å². The van der Waals surface area contributed by atoms with Gasteiger partial charge >= 0.3 is 5.97 Å². The number of allylic oxidation sites excluding steroid dienone is 6. The molecule has 134 valence electrons. The lowest BCUT2D eigenvalue weighted by atomic mass is 10.1. The molecule has 0 aromatic rings. The Morgan fingerprint density at radius 1 is 1.08 bits per heavy atom. The summed E-state index contributed by atoms with van der Waals surface area (Å²) in [5.74, 6) is -0.826. The molecule has 1 aliphatic rings. The quantitative estimate of drug-likeness (QED) is 0.301. The molecule has 1 rings (SSSR count). The van der Waals surface area contributed by atoms with Gasteiger partial charge in [0.25, 0.3) is 0 Å². The van der Waals surface area contributed by atoms with Gasteiger partial charge in [0.15, 0.2) is 0 Å². The average Bonchev–Trinajstić information content (AvgIpc) is 3.28. The van der Waals surface area contributed by atoms with Crippen LogP contribution in [-0.2, 0) is 9.53 Å². The first-order valence-electron chi connectivity index (χ1n) is 8.87. The van der Waals surface area contributed by atoms with Crippen LogP contribution in [0.3, 0.4) is 0 Å². The number of aliphatic hydroxyl groups excluding tert-OH is 1. The van der Waals surface area contributed by atoms with E-state index in [1.165, 1.54) is 19.3 Å². The van der Waals surface area contributed by atoms with Crippen molar-refractivity contribution in [2.75, 3.05) is 0 Å². The van der Waals surface area contributed by atoms with Crippen molar-refractivity contribution in [3.63, 3.8) is 0 Å². The van der Waals surface area contributed by atoms with Crippen LogP contribution in [0.25, 0.3) is 0 Å². The van der Waals surface area contributed by atoms with E-state index < -0.39 is 12.1 Å². The van der Waals surface area contributed by atoms with Crippen LogP contribution in [0.4, 0.5) is 0 Å². The van der Waals surface area contributed by atoms with Gasteiger partial charge in [-0.2, -0.15) is 0 Å². The molecule has 1 heterocycles. The van der Waals surface area contributed by atoms with Crippen LogP contribution in [0.1, 0.15) is 51.9 Å². The minimum absolute atomic E-state index is 0.0972. The molecule has 0 radical (unpaired) electrons. The third-order valence-electron chi connectivity index (χ3n) is 3.79. The molecule has 24 heavy (non-hydrogen) atoms. The fourth-order valence-electron chi connectivity index (χ4n) is 2.33. The molecule has 0 aromatic heterocycles. The summed E-state index contributed by atoms with van der Waals surface area (Å²) in [6.45, 7) is 2.21. The molecule has 0 aliphatic carbocycles. The van der Waals surface area contributed by atoms with E-state index in [2.05, 4.69) is 13.0 Å². The van der Waals surface area contributed by atoms with Crippen LogP contribution in [0.2, 0.25) is 0 Å². The molecule has 1 saturated heterocycles. The highest BCUT2D eigenvalue weighted by atomic mass is 16.6. The average molecular weight is 334 g/mol. The molecular formula is C20H30O4. The second-order valence-corrected chi connectivity index (χ2v) is 6.03. The standard InChI is InChI=1S/C20H30O4/c1-2-3-8-14-18-19(24-18)15-10-7-5-4-6-9-12-17(21)13-11-16-20(22)23/h4-7,9-10,12,15,17-19,21H,2-3,8,11,13-14,16H2,1H3,(H,22,23). The van der Waals surface area contributed by atoms with E-state index >= 15 is 0 Å². The van der Waals surface area contributed by atoms with E-state index in [0.29, 0.717) is 18.9 Å². The van der Waals surface area contributed by atoms with Crippen molar-refractivity contribution in [2.45, 2.75) is 70.2 Å². The number of aliphatic carboxylic acids is 1. The van der Waals surface area contributed by atoms with Gasteiger partial charge in [0.05, 0.1) is 12.2 Å². The number of hydrogen-bond donors (Lipinski definition) is 2. The summed E-state index contributed by atoms with van der Waals surface area (Å²) < 4.78 is 5.57. The van der Waals surface area contributed by atoms with Gasteiger partial charge in [-0.3, -0.25) is 4.79 Å². The molecule has 3 unspecified atom stereocenters. The van der Waals surface area contributed by atoms with Crippen molar-refractivity contribution < 1.29 is 19.7 Å². The molecule has 1 aliphatic heterocycles. The van der Waals surface area contributed by atoms with Gasteiger partial charge in [-0.05, 0) is 19.3 Å². The van der Waals surface area contributed by atoms with Gasteiger partial charge in [-0.1, -0.05) is 74.8 Å². The predicted octanol–water partition coefficient (Wildman–Crippen LogP) is 4.17. The molecule has 3 atom stereocenters. The SMILES string of the molecule is CCCCCC1OC1C=CC=CC=CC=CC(O)CCCC(=O)O. The van der Waals surface area contributed by atoms with Crippen LogP contribution in [0, 0.1) is 0 Å². The van der Waals surface area contributed by atoms with E-state index in [1.54, 1.807) is 12.2 Å². The Kier molecular flexibility index (Phi) is 10.8. The molecule has 0 saturated carbocycles. The second-order valence-electron chi connectivity index (χ2n) is 6.03. The summed E-state index contributed by atoms with van der Waals surface area (Å²) in [6.07, 6.45) is 21.2. The first-order valence-corrected chi connectivity index (χ1v) is 8.87. The fourth-order valence-corrected chi connectivity index (χ4v) is 2.33. The summed E-state index contributed by atoms with van der Waals surface area (Å²) >= 11 is 0. The maximum atomic E-state index is 10.4. The van der Waals surface area contributed by atoms with E-state index in [4.69, 9.17) is 9.84 Å². The van der Waals surface area contributed by atoms with Crippen LogP contribution in [-0.4, -0.2) is 34.5 Å². The lowest BCUT2D eigenvalue weighted by Gasteiger charge is -2.02. The monoisotopic (exact) mass is 334 g/mol. The number of rotatable bonds is 13. The Hall–Kier alpha value is -1.65. The van der Waals surface area contributed by atoms with Crippen molar-refractivity contribution in [3.05, 3.63) is 48.6 Å². The number of ether oxygens (including phenoxy) is 1. The van der Waals surface area contributed by atoms with Crippen LogP contribution >= 0.6 is 0 Å². The zero-order chi connectivity index (χ0) is 17.6. The fraction of sp³-hybridized carbons (Fsp3) is 0.550. The normalized spacial score (nSPS) is 22.2. The highest BCUT2D eigenvalue weighted by Gasteiger charge is 2.35. The summed E-state index contributed by atoms with van der Waals surface area (Å²) in [5.41, 5.74) is 0. The zero-order valence-corrected chi connectivity index (χ0v) is 14.5. The number of unbranched alkanes of at least 4 members (excludes halogenated alkanes) is 2. The molecule has 1 fully saturated rings. The molecule has 0 spiro atoms. The van der Waals surface area contributed by atoms with Crippen molar-refractivity contribution in [2.24, 2.45) is 0 Å². The number of epoxide rings is 1.